The van der Waals surface area contributed by atoms with E-state index in [0.29, 0.717) is 50.4 Å². The van der Waals surface area contributed by atoms with E-state index < -0.39 is 0 Å². The molecule has 4 N–H and O–H groups in total. The molecule has 1 aliphatic rings. The molecule has 0 bridgehead atoms. The lowest BCUT2D eigenvalue weighted by Gasteiger charge is -2.36. The number of piperazine rings is 1. The zero-order chi connectivity index (χ0) is 18.8. The lowest BCUT2D eigenvalue weighted by atomic mass is 10.2. The van der Waals surface area contributed by atoms with E-state index in [1.807, 2.05) is 9.80 Å². The molecule has 1 aliphatic heterocycles. The molecule has 0 spiro atoms. The first kappa shape index (κ1) is 18.1. The van der Waals surface area contributed by atoms with Crippen molar-refractivity contribution in [2.45, 2.75) is 0 Å². The predicted molar refractivity (Wildman–Crippen MR) is 98.1 cm³/mol. The molecule has 0 aliphatic carbocycles. The zero-order valence-electron chi connectivity index (χ0n) is 13.4. The molecule has 0 unspecified atom stereocenters. The highest BCUT2D eigenvalue weighted by molar-refractivity contribution is 6.32. The van der Waals surface area contributed by atoms with E-state index in [0.717, 1.165) is 0 Å². The first-order valence-corrected chi connectivity index (χ1v) is 8.26. The minimum absolute atomic E-state index is 0.00327. The molecule has 0 radical (unpaired) electrons. The molecule has 0 aromatic carbocycles. The second-order valence-electron chi connectivity index (χ2n) is 5.43. The van der Waals surface area contributed by atoms with Gasteiger partial charge in [0.05, 0.1) is 11.1 Å². The van der Waals surface area contributed by atoms with Gasteiger partial charge >= 0.3 is 0 Å². The maximum absolute atomic E-state index is 11.3. The van der Waals surface area contributed by atoms with Crippen LogP contribution in [0.2, 0.25) is 10.3 Å². The van der Waals surface area contributed by atoms with Crippen molar-refractivity contribution in [2.24, 2.45) is 0 Å². The van der Waals surface area contributed by atoms with Crippen LogP contribution in [0.1, 0.15) is 20.7 Å². The molecule has 0 saturated carbocycles. The fourth-order valence-corrected chi connectivity index (χ4v) is 3.14. The van der Waals surface area contributed by atoms with Crippen LogP contribution >= 0.6 is 23.2 Å². The van der Waals surface area contributed by atoms with Gasteiger partial charge < -0.3 is 21.3 Å². The van der Waals surface area contributed by atoms with Crippen molar-refractivity contribution < 1.29 is 9.59 Å². The van der Waals surface area contributed by atoms with Gasteiger partial charge in [-0.15, -0.1) is 0 Å². The summed E-state index contributed by atoms with van der Waals surface area (Å²) in [6.07, 6.45) is 1.19. The number of nitrogens with zero attached hydrogens (tertiary/aromatic N) is 6. The fraction of sp³-hybridized carbons (Fsp3) is 0.286. The van der Waals surface area contributed by atoms with E-state index in [2.05, 4.69) is 19.9 Å². The number of carbonyl (C=O) groups excluding carboxylic acids is 2. The summed E-state index contributed by atoms with van der Waals surface area (Å²) in [5.74, 6) is 0.703. The first-order chi connectivity index (χ1) is 12.4. The molecule has 1 saturated heterocycles. The number of rotatable bonds is 4. The Morgan fingerprint density at radius 3 is 1.38 bits per heavy atom. The second-order valence-corrected chi connectivity index (χ2v) is 6.15. The summed E-state index contributed by atoms with van der Waals surface area (Å²) in [6.45, 7) is 1.92. The van der Waals surface area contributed by atoms with Gasteiger partial charge in [0.25, 0.3) is 0 Å². The number of nitrogens with two attached hydrogens (primary N) is 2. The Morgan fingerprint density at radius 1 is 0.731 bits per heavy atom. The summed E-state index contributed by atoms with van der Waals surface area (Å²) in [6, 6.07) is 0. The van der Waals surface area contributed by atoms with Crippen molar-refractivity contribution >= 4 is 59.3 Å². The van der Waals surface area contributed by atoms with Gasteiger partial charge in [0.1, 0.15) is 21.9 Å². The van der Waals surface area contributed by atoms with Crippen LogP contribution in [0.25, 0.3) is 0 Å². The number of anilines is 4. The number of aldehydes is 2. The van der Waals surface area contributed by atoms with Crippen LogP contribution in [0.4, 0.5) is 23.5 Å². The van der Waals surface area contributed by atoms with Gasteiger partial charge in [-0.1, -0.05) is 23.2 Å². The van der Waals surface area contributed by atoms with Crippen molar-refractivity contribution in [3.63, 3.8) is 0 Å². The van der Waals surface area contributed by atoms with Gasteiger partial charge in [-0.25, -0.2) is 9.97 Å². The van der Waals surface area contributed by atoms with Crippen LogP contribution in [0, 0.1) is 0 Å². The normalized spacial score (nSPS) is 14.4. The smallest absolute Gasteiger partial charge is 0.223 e. The largest absolute Gasteiger partial charge is 0.368 e. The van der Waals surface area contributed by atoms with Crippen molar-refractivity contribution in [2.75, 3.05) is 47.4 Å². The quantitative estimate of drug-likeness (QED) is 0.558. The van der Waals surface area contributed by atoms with Crippen LogP contribution < -0.4 is 21.3 Å². The van der Waals surface area contributed by atoms with Crippen molar-refractivity contribution in [3.05, 3.63) is 21.4 Å². The topological polar surface area (TPSA) is 144 Å². The molecule has 2 aromatic rings. The minimum atomic E-state index is -0.0170. The average Bonchev–Trinajstić information content (AvgIpc) is 2.60. The Balaban J connectivity index is 1.85. The fourth-order valence-electron chi connectivity index (χ4n) is 2.71. The van der Waals surface area contributed by atoms with Crippen LogP contribution in [0.15, 0.2) is 0 Å². The molecule has 136 valence electrons. The number of halogens is 2. The van der Waals surface area contributed by atoms with Gasteiger partial charge in [-0.05, 0) is 0 Å². The zero-order valence-corrected chi connectivity index (χ0v) is 14.9. The third-order valence-electron chi connectivity index (χ3n) is 3.91. The first-order valence-electron chi connectivity index (χ1n) is 7.51. The molecular weight excluding hydrogens is 383 g/mol. The van der Waals surface area contributed by atoms with E-state index in [-0.39, 0.29) is 33.3 Å². The van der Waals surface area contributed by atoms with E-state index >= 15 is 0 Å². The highest BCUT2D eigenvalue weighted by Crippen LogP contribution is 2.28. The molecule has 0 amide bonds. The van der Waals surface area contributed by atoms with Gasteiger partial charge in [0.15, 0.2) is 12.6 Å². The summed E-state index contributed by atoms with van der Waals surface area (Å²) in [5.41, 5.74) is 11.6. The predicted octanol–water partition coefficient (Wildman–Crippen LogP) is 0.689. The molecule has 1 fully saturated rings. The summed E-state index contributed by atoms with van der Waals surface area (Å²) in [5, 5.41) is 0.00653. The number of nitrogen functional groups attached to an aromatic ring is 2. The molecule has 10 nitrogen and oxygen atoms in total. The molecule has 3 rings (SSSR count). The summed E-state index contributed by atoms with van der Waals surface area (Å²) >= 11 is 11.9. The van der Waals surface area contributed by atoms with E-state index in [1.165, 1.54) is 0 Å². The Kier molecular flexibility index (Phi) is 5.05. The van der Waals surface area contributed by atoms with Gasteiger partial charge in [0, 0.05) is 26.2 Å². The van der Waals surface area contributed by atoms with Crippen LogP contribution in [-0.4, -0.2) is 58.7 Å². The van der Waals surface area contributed by atoms with Gasteiger partial charge in [0.2, 0.25) is 11.9 Å². The number of hydrogen-bond acceptors (Lipinski definition) is 10. The maximum Gasteiger partial charge on any atom is 0.223 e. The molecular formula is C14H14Cl2N8O2. The number of hydrogen-bond donors (Lipinski definition) is 2. The van der Waals surface area contributed by atoms with Crippen LogP contribution in [0.5, 0.6) is 0 Å². The maximum atomic E-state index is 11.3. The third kappa shape index (κ3) is 3.33. The molecule has 3 heterocycles. The minimum Gasteiger partial charge on any atom is -0.368 e. The lowest BCUT2D eigenvalue weighted by Crippen LogP contribution is -2.48. The molecule has 26 heavy (non-hydrogen) atoms. The Labute approximate surface area is 158 Å². The lowest BCUT2D eigenvalue weighted by molar-refractivity contribution is 0.111. The van der Waals surface area contributed by atoms with E-state index in [1.54, 1.807) is 0 Å². The van der Waals surface area contributed by atoms with Crippen LogP contribution in [-0.2, 0) is 0 Å². The standard InChI is InChI=1S/C14H14Cl2N8O2/c15-9-7(5-25)11(21-13(17)19-9)23-1-2-24(4-3-23)12-8(6-26)10(16)20-14(18)22-12/h5-6H,1-4H2,(H2,17,19,21)(H2,18,20,22). The Hall–Kier alpha value is -2.72. The summed E-state index contributed by atoms with van der Waals surface area (Å²) < 4.78 is 0. The highest BCUT2D eigenvalue weighted by atomic mass is 35.5. The van der Waals surface area contributed by atoms with Crippen molar-refractivity contribution in [3.8, 4) is 0 Å². The van der Waals surface area contributed by atoms with Crippen molar-refractivity contribution in [1.82, 2.24) is 19.9 Å². The van der Waals surface area contributed by atoms with Crippen molar-refractivity contribution in [1.29, 1.82) is 0 Å². The molecule has 0 atom stereocenters. The molecule has 12 heteroatoms. The van der Waals surface area contributed by atoms with Gasteiger partial charge in [-0.3, -0.25) is 9.59 Å². The van der Waals surface area contributed by atoms with E-state index in [4.69, 9.17) is 34.7 Å². The summed E-state index contributed by atoms with van der Waals surface area (Å²) in [7, 11) is 0. The summed E-state index contributed by atoms with van der Waals surface area (Å²) in [4.78, 5) is 42.2. The Morgan fingerprint density at radius 2 is 1.08 bits per heavy atom. The third-order valence-corrected chi connectivity index (χ3v) is 4.48. The van der Waals surface area contributed by atoms with E-state index in [9.17, 15) is 9.59 Å². The number of aromatic nitrogens is 4. The Bertz CT molecular complexity index is 799. The van der Waals surface area contributed by atoms with Gasteiger partial charge in [-0.2, -0.15) is 9.97 Å². The van der Waals surface area contributed by atoms with Crippen LogP contribution in [0.3, 0.4) is 0 Å². The highest BCUT2D eigenvalue weighted by Gasteiger charge is 2.26. The SMILES string of the molecule is Nc1nc(Cl)c(C=O)c(N2CCN(c3nc(N)nc(Cl)c3C=O)CC2)n1. The second kappa shape index (κ2) is 7.26. The average molecular weight is 397 g/mol. The molecule has 2 aromatic heterocycles. The monoisotopic (exact) mass is 396 g/mol. The number of carbonyl (C=O) groups is 2.